The van der Waals surface area contributed by atoms with E-state index in [2.05, 4.69) is 23.5 Å². The molecule has 2 fully saturated rings. The highest BCUT2D eigenvalue weighted by Gasteiger charge is 2.69. The van der Waals surface area contributed by atoms with Gasteiger partial charge in [-0.3, -0.25) is 14.4 Å². The van der Waals surface area contributed by atoms with Crippen LogP contribution in [0, 0.1) is 28.6 Å². The number of nitrogens with zero attached hydrogens (tertiary/aromatic N) is 3. The highest BCUT2D eigenvalue weighted by atomic mass is 16.6. The molecule has 7 nitrogen and oxygen atoms in total. The average Bonchev–Trinajstić information content (AvgIpc) is 2.91. The van der Waals surface area contributed by atoms with Crippen LogP contribution in [-0.4, -0.2) is 23.1 Å². The molecule has 0 aromatic rings. The van der Waals surface area contributed by atoms with Crippen molar-refractivity contribution in [3.8, 4) is 0 Å². The number of Topliss-reactive ketones (excluding diaryl/α,β-unsaturated/α-hetero) is 1. The Labute approximate surface area is 182 Å². The van der Waals surface area contributed by atoms with Gasteiger partial charge >= 0.3 is 5.97 Å². The third-order valence-corrected chi connectivity index (χ3v) is 8.69. The predicted molar refractivity (Wildman–Crippen MR) is 114 cm³/mol. The minimum Gasteiger partial charge on any atom is -0.446 e. The molecule has 31 heavy (non-hydrogen) atoms. The normalized spacial score (nSPS) is 41.1. The molecule has 0 aromatic heterocycles. The van der Waals surface area contributed by atoms with E-state index >= 15 is 0 Å². The second-order valence-corrected chi connectivity index (χ2v) is 10.1. The highest BCUT2D eigenvalue weighted by molar-refractivity contribution is 5.93. The minimum atomic E-state index is -1.33. The van der Waals surface area contributed by atoms with Crippen LogP contribution in [0.5, 0.6) is 0 Å². The Morgan fingerprint density at radius 2 is 1.97 bits per heavy atom. The van der Waals surface area contributed by atoms with E-state index in [9.17, 15) is 19.9 Å². The fourth-order valence-corrected chi connectivity index (χ4v) is 7.33. The first-order valence-corrected chi connectivity index (χ1v) is 10.9. The summed E-state index contributed by atoms with van der Waals surface area (Å²) in [5, 5.41) is 3.96. The first-order valence-electron chi connectivity index (χ1n) is 10.9. The van der Waals surface area contributed by atoms with Crippen LogP contribution in [0.25, 0.3) is 10.4 Å². The molecule has 164 valence electrons. The minimum absolute atomic E-state index is 0.0156. The maximum atomic E-state index is 13.0. The van der Waals surface area contributed by atoms with Crippen molar-refractivity contribution in [2.75, 3.05) is 0 Å². The van der Waals surface area contributed by atoms with Gasteiger partial charge in [0.05, 0.1) is 0 Å². The Morgan fingerprint density at radius 3 is 2.58 bits per heavy atom. The van der Waals surface area contributed by atoms with Gasteiger partial charge in [0.25, 0.3) is 0 Å². The second kappa shape index (κ2) is 6.92. The SMILES string of the molecule is C=C1C[C@H]2[C@@H]3C=C(N=[N+]=[N-])C4=CC(=O)CC[C@]4(C)[C@H]3CC[C@]2(C)[C@@]1(OC(C)=O)C(C)=O. The number of allylic oxidation sites excluding steroid dienone is 3. The lowest BCUT2D eigenvalue weighted by Crippen LogP contribution is -2.58. The predicted octanol–water partition coefficient (Wildman–Crippen LogP) is 4.99. The molecular formula is C24H29N3O4. The van der Waals surface area contributed by atoms with E-state index in [1.807, 2.05) is 13.0 Å². The van der Waals surface area contributed by atoms with Gasteiger partial charge in [-0.25, -0.2) is 0 Å². The number of hydrogen-bond donors (Lipinski definition) is 0. The van der Waals surface area contributed by atoms with Crippen molar-refractivity contribution in [2.24, 2.45) is 33.7 Å². The maximum absolute atomic E-state index is 13.0. The fourth-order valence-electron chi connectivity index (χ4n) is 7.33. The smallest absolute Gasteiger partial charge is 0.303 e. The van der Waals surface area contributed by atoms with Crippen LogP contribution >= 0.6 is 0 Å². The van der Waals surface area contributed by atoms with Crippen LogP contribution in [0.1, 0.15) is 59.8 Å². The molecule has 0 bridgehead atoms. The second-order valence-electron chi connectivity index (χ2n) is 10.1. The summed E-state index contributed by atoms with van der Waals surface area (Å²) >= 11 is 0. The summed E-state index contributed by atoms with van der Waals surface area (Å²) in [7, 11) is 0. The van der Waals surface area contributed by atoms with Crippen molar-refractivity contribution in [1.82, 2.24) is 0 Å². The largest absolute Gasteiger partial charge is 0.446 e. The number of fused-ring (bicyclic) bond motifs is 5. The number of carbonyl (C=O) groups excluding carboxylic acids is 3. The summed E-state index contributed by atoms with van der Waals surface area (Å²) in [6.45, 7) is 11.2. The molecule has 0 unspecified atom stereocenters. The van der Waals surface area contributed by atoms with Crippen LogP contribution in [0.4, 0.5) is 0 Å². The van der Waals surface area contributed by atoms with E-state index in [-0.39, 0.29) is 34.7 Å². The van der Waals surface area contributed by atoms with Crippen LogP contribution in [0.2, 0.25) is 0 Å². The van der Waals surface area contributed by atoms with Gasteiger partial charge in [0.2, 0.25) is 0 Å². The van der Waals surface area contributed by atoms with Crippen LogP contribution < -0.4 is 0 Å². The van der Waals surface area contributed by atoms with Crippen molar-refractivity contribution >= 4 is 17.5 Å². The summed E-state index contributed by atoms with van der Waals surface area (Å²) in [4.78, 5) is 40.2. The van der Waals surface area contributed by atoms with Gasteiger partial charge in [-0.1, -0.05) is 31.6 Å². The van der Waals surface area contributed by atoms with Crippen LogP contribution in [0.3, 0.4) is 0 Å². The van der Waals surface area contributed by atoms with Gasteiger partial charge in [0.1, 0.15) is 0 Å². The molecule has 0 spiro atoms. The van der Waals surface area contributed by atoms with Crippen molar-refractivity contribution in [3.05, 3.63) is 46.0 Å². The summed E-state index contributed by atoms with van der Waals surface area (Å²) in [6.07, 6.45) is 6.94. The lowest BCUT2D eigenvalue weighted by atomic mass is 9.47. The van der Waals surface area contributed by atoms with E-state index < -0.39 is 17.0 Å². The topological polar surface area (TPSA) is 109 Å². The summed E-state index contributed by atoms with van der Waals surface area (Å²) in [6, 6.07) is 0. The Balaban J connectivity index is 1.89. The number of hydrogen-bond acceptors (Lipinski definition) is 5. The molecule has 0 aliphatic heterocycles. The zero-order valence-corrected chi connectivity index (χ0v) is 18.6. The molecule has 0 saturated heterocycles. The number of ether oxygens (including phenoxy) is 1. The Hall–Kier alpha value is -2.66. The fraction of sp³-hybridized carbons (Fsp3) is 0.625. The van der Waals surface area contributed by atoms with Crippen molar-refractivity contribution in [2.45, 2.75) is 65.4 Å². The number of azide groups is 1. The van der Waals surface area contributed by atoms with Crippen molar-refractivity contribution in [1.29, 1.82) is 0 Å². The maximum Gasteiger partial charge on any atom is 0.303 e. The monoisotopic (exact) mass is 423 g/mol. The number of rotatable bonds is 3. The molecule has 4 rings (SSSR count). The Morgan fingerprint density at radius 1 is 1.26 bits per heavy atom. The lowest BCUT2D eigenvalue weighted by molar-refractivity contribution is -0.179. The summed E-state index contributed by atoms with van der Waals surface area (Å²) < 4.78 is 5.80. The summed E-state index contributed by atoms with van der Waals surface area (Å²) in [5.74, 6) is -0.329. The Bertz CT molecular complexity index is 1020. The molecule has 2 saturated carbocycles. The van der Waals surface area contributed by atoms with Gasteiger partial charge in [-0.05, 0) is 78.5 Å². The van der Waals surface area contributed by atoms with Gasteiger partial charge in [-0.15, -0.1) is 0 Å². The van der Waals surface area contributed by atoms with E-state index in [4.69, 9.17) is 4.74 Å². The third kappa shape index (κ3) is 2.72. The van der Waals surface area contributed by atoms with Crippen LogP contribution in [0.15, 0.2) is 40.7 Å². The van der Waals surface area contributed by atoms with Crippen LogP contribution in [-0.2, 0) is 19.1 Å². The zero-order valence-electron chi connectivity index (χ0n) is 18.6. The molecule has 0 N–H and O–H groups in total. The first-order chi connectivity index (χ1) is 14.5. The van der Waals surface area contributed by atoms with Gasteiger partial charge < -0.3 is 4.74 Å². The quantitative estimate of drug-likeness (QED) is 0.209. The lowest BCUT2D eigenvalue weighted by Gasteiger charge is -2.57. The van der Waals surface area contributed by atoms with E-state index in [1.165, 1.54) is 13.8 Å². The average molecular weight is 424 g/mol. The highest BCUT2D eigenvalue weighted by Crippen LogP contribution is 2.69. The van der Waals surface area contributed by atoms with Crippen molar-refractivity contribution in [3.63, 3.8) is 0 Å². The standard InChI is InChI=1S/C24H29N3O4/c1-13-10-19-17-12-21(26-27-25)20-11-16(30)6-8-22(20,4)18(17)7-9-23(19,5)24(13,14(2)28)31-15(3)29/h11-12,17-19H,1,6-10H2,2-5H3/t17-,18+,19+,22-,23+,24+/m1/s1. The van der Waals surface area contributed by atoms with Gasteiger partial charge in [0, 0.05) is 29.4 Å². The molecule has 0 radical (unpaired) electrons. The molecule has 4 aliphatic rings. The first kappa shape index (κ1) is 21.6. The molecular weight excluding hydrogens is 394 g/mol. The molecule has 7 heteroatoms. The van der Waals surface area contributed by atoms with E-state index in [0.29, 0.717) is 37.0 Å². The van der Waals surface area contributed by atoms with Gasteiger partial charge in [-0.2, -0.15) is 0 Å². The van der Waals surface area contributed by atoms with Gasteiger partial charge in [0.15, 0.2) is 17.2 Å². The third-order valence-electron chi connectivity index (χ3n) is 8.69. The molecule has 6 atom stereocenters. The number of carbonyl (C=O) groups is 3. The van der Waals surface area contributed by atoms with E-state index in [1.54, 1.807) is 6.08 Å². The molecule has 0 amide bonds. The summed E-state index contributed by atoms with van der Waals surface area (Å²) in [5.41, 5.74) is 8.97. The van der Waals surface area contributed by atoms with E-state index in [0.717, 1.165) is 12.0 Å². The molecule has 0 aromatic carbocycles. The Kier molecular flexibility index (Phi) is 4.82. The van der Waals surface area contributed by atoms with Crippen molar-refractivity contribution < 1.29 is 19.1 Å². The molecule has 0 heterocycles. The zero-order chi connectivity index (χ0) is 22.8. The number of ketones is 2. The number of esters is 1. The molecule has 4 aliphatic carbocycles.